The van der Waals surface area contributed by atoms with E-state index in [1.807, 2.05) is 0 Å². The van der Waals surface area contributed by atoms with E-state index < -0.39 is 8.80 Å². The minimum atomic E-state index is -0.687. The lowest BCUT2D eigenvalue weighted by molar-refractivity contribution is 0.907. The van der Waals surface area contributed by atoms with Gasteiger partial charge in [0.05, 0.1) is 8.80 Å². The van der Waals surface area contributed by atoms with E-state index in [0.29, 0.717) is 5.25 Å². The van der Waals surface area contributed by atoms with Crippen LogP contribution in [0.1, 0.15) is 24.2 Å². The summed E-state index contributed by atoms with van der Waals surface area (Å²) in [5.41, 5.74) is 1.45. The van der Waals surface area contributed by atoms with Crippen molar-refractivity contribution in [3.8, 4) is 0 Å². The predicted molar refractivity (Wildman–Crippen MR) is 67.0 cm³/mol. The first-order valence-corrected chi connectivity index (χ1v) is 8.34. The Kier molecular flexibility index (Phi) is 4.07. The van der Waals surface area contributed by atoms with Crippen LogP contribution in [0.4, 0.5) is 0 Å². The lowest BCUT2D eigenvalue weighted by Crippen LogP contribution is -2.27. The summed E-state index contributed by atoms with van der Waals surface area (Å²) in [7, 11) is -0.687. The molecular weight excluding hydrogens is 192 g/mol. The number of benzene rings is 1. The van der Waals surface area contributed by atoms with Gasteiger partial charge in [0.25, 0.3) is 0 Å². The van der Waals surface area contributed by atoms with E-state index in [0.717, 1.165) is 6.42 Å². The van der Waals surface area contributed by atoms with Crippen molar-refractivity contribution in [2.24, 2.45) is 0 Å². The predicted octanol–water partition coefficient (Wildman–Crippen LogP) is 2.76. The Labute approximate surface area is 88.4 Å². The van der Waals surface area contributed by atoms with Gasteiger partial charge in [-0.15, -0.1) is 0 Å². The van der Waals surface area contributed by atoms with Gasteiger partial charge < -0.3 is 0 Å². The van der Waals surface area contributed by atoms with E-state index in [2.05, 4.69) is 56.9 Å². The Bertz CT molecular complexity index is 271. The van der Waals surface area contributed by atoms with E-state index in [9.17, 15) is 0 Å². The Morgan fingerprint density at radius 1 is 1.31 bits per heavy atom. The second-order valence-electron chi connectivity index (χ2n) is 3.71. The molecule has 0 aromatic heterocycles. The highest BCUT2D eigenvalue weighted by molar-refractivity contribution is 7.80. The molecule has 0 N–H and O–H groups in total. The fourth-order valence-corrected chi connectivity index (χ4v) is 3.40. The molecule has 1 atom stereocenters. The minimum absolute atomic E-state index is 0.422. The van der Waals surface area contributed by atoms with Crippen LogP contribution in [-0.4, -0.2) is 8.80 Å². The summed E-state index contributed by atoms with van der Waals surface area (Å²) in [6.07, 6.45) is 1.11. The van der Waals surface area contributed by atoms with E-state index in [1.165, 1.54) is 5.56 Å². The third kappa shape index (κ3) is 2.61. The molecule has 0 aliphatic carbocycles. The maximum Gasteiger partial charge on any atom is 0.0651 e. The molecule has 0 radical (unpaired) electrons. The van der Waals surface area contributed by atoms with Crippen molar-refractivity contribution in [2.45, 2.75) is 31.7 Å². The molecule has 1 aromatic rings. The van der Waals surface area contributed by atoms with Gasteiger partial charge >= 0.3 is 0 Å². The molecule has 1 rings (SSSR count). The maximum atomic E-state index is 4.61. The molecular formula is C11H18SSi. The van der Waals surface area contributed by atoms with Crippen LogP contribution < -0.4 is 5.19 Å². The van der Waals surface area contributed by atoms with Crippen LogP contribution in [0.25, 0.3) is 0 Å². The van der Waals surface area contributed by atoms with Crippen LogP contribution in [0.3, 0.4) is 0 Å². The van der Waals surface area contributed by atoms with Gasteiger partial charge in [-0.2, -0.15) is 12.6 Å². The standard InChI is InChI=1S/C11H18SSi/c1-4-10(12)9-7-5-6-8-11(9)13(2)3/h5-8,10,12-13H,4H2,1-3H3. The first-order valence-electron chi connectivity index (χ1n) is 4.93. The first kappa shape index (κ1) is 10.9. The molecule has 0 amide bonds. The number of rotatable bonds is 3. The zero-order valence-corrected chi connectivity index (χ0v) is 10.7. The molecule has 0 saturated heterocycles. The molecule has 1 unspecified atom stereocenters. The van der Waals surface area contributed by atoms with Crippen LogP contribution in [0.15, 0.2) is 24.3 Å². The van der Waals surface area contributed by atoms with Crippen LogP contribution in [0.2, 0.25) is 13.1 Å². The summed E-state index contributed by atoms with van der Waals surface area (Å²) in [4.78, 5) is 0. The van der Waals surface area contributed by atoms with Gasteiger partial charge in [-0.25, -0.2) is 0 Å². The fraction of sp³-hybridized carbons (Fsp3) is 0.455. The van der Waals surface area contributed by atoms with Crippen LogP contribution in [-0.2, 0) is 0 Å². The zero-order chi connectivity index (χ0) is 9.84. The summed E-state index contributed by atoms with van der Waals surface area (Å²) in [5, 5.41) is 2.00. The van der Waals surface area contributed by atoms with E-state index in [4.69, 9.17) is 0 Å². The normalized spacial score (nSPS) is 13.3. The molecule has 0 aliphatic rings. The van der Waals surface area contributed by atoms with Crippen LogP contribution >= 0.6 is 12.6 Å². The molecule has 0 bridgehead atoms. The van der Waals surface area contributed by atoms with Gasteiger partial charge in [0.2, 0.25) is 0 Å². The van der Waals surface area contributed by atoms with Gasteiger partial charge in [-0.1, -0.05) is 49.5 Å². The third-order valence-electron chi connectivity index (χ3n) is 2.36. The summed E-state index contributed by atoms with van der Waals surface area (Å²) in [6.45, 7) is 6.93. The number of hydrogen-bond acceptors (Lipinski definition) is 1. The van der Waals surface area contributed by atoms with Crippen LogP contribution in [0, 0.1) is 0 Å². The van der Waals surface area contributed by atoms with Gasteiger partial charge in [-0.05, 0) is 12.0 Å². The van der Waals surface area contributed by atoms with Crippen molar-refractivity contribution >= 4 is 26.6 Å². The Morgan fingerprint density at radius 3 is 2.46 bits per heavy atom. The Morgan fingerprint density at radius 2 is 1.92 bits per heavy atom. The summed E-state index contributed by atoms with van der Waals surface area (Å²) >= 11 is 4.61. The second-order valence-corrected chi connectivity index (χ2v) is 7.26. The third-order valence-corrected chi connectivity index (χ3v) is 4.78. The maximum absolute atomic E-state index is 4.61. The molecule has 0 nitrogen and oxygen atoms in total. The lowest BCUT2D eigenvalue weighted by atomic mass is 10.1. The molecule has 13 heavy (non-hydrogen) atoms. The SMILES string of the molecule is CCC(S)c1ccccc1[SiH](C)C. The minimum Gasteiger partial charge on any atom is -0.171 e. The van der Waals surface area contributed by atoms with E-state index >= 15 is 0 Å². The highest BCUT2D eigenvalue weighted by Crippen LogP contribution is 2.21. The fourth-order valence-electron chi connectivity index (χ4n) is 1.56. The van der Waals surface area contributed by atoms with Crippen molar-refractivity contribution in [3.63, 3.8) is 0 Å². The van der Waals surface area contributed by atoms with Gasteiger partial charge in [0.1, 0.15) is 0 Å². The lowest BCUT2D eigenvalue weighted by Gasteiger charge is -2.15. The largest absolute Gasteiger partial charge is 0.171 e. The monoisotopic (exact) mass is 210 g/mol. The summed E-state index contributed by atoms with van der Waals surface area (Å²) in [5.74, 6) is 0. The molecule has 0 fully saturated rings. The summed E-state index contributed by atoms with van der Waals surface area (Å²) in [6, 6.07) is 8.76. The Hall–Kier alpha value is -0.213. The number of thiol groups is 1. The van der Waals surface area contributed by atoms with Crippen molar-refractivity contribution in [3.05, 3.63) is 29.8 Å². The molecule has 0 aliphatic heterocycles. The molecule has 0 spiro atoms. The average molecular weight is 210 g/mol. The van der Waals surface area contributed by atoms with Gasteiger partial charge in [-0.3, -0.25) is 0 Å². The van der Waals surface area contributed by atoms with Gasteiger partial charge in [0.15, 0.2) is 0 Å². The highest BCUT2D eigenvalue weighted by Gasteiger charge is 2.11. The quantitative estimate of drug-likeness (QED) is 0.575. The Balaban J connectivity index is 3.04. The van der Waals surface area contributed by atoms with E-state index in [1.54, 1.807) is 5.19 Å². The van der Waals surface area contributed by atoms with E-state index in [-0.39, 0.29) is 0 Å². The molecule has 1 aromatic carbocycles. The smallest absolute Gasteiger partial charge is 0.0651 e. The first-order chi connectivity index (χ1) is 6.16. The number of hydrogen-bond donors (Lipinski definition) is 1. The van der Waals surface area contributed by atoms with Crippen molar-refractivity contribution < 1.29 is 0 Å². The van der Waals surface area contributed by atoms with Crippen molar-refractivity contribution in [1.82, 2.24) is 0 Å². The van der Waals surface area contributed by atoms with Crippen LogP contribution in [0.5, 0.6) is 0 Å². The second kappa shape index (κ2) is 4.87. The van der Waals surface area contributed by atoms with Crippen molar-refractivity contribution in [2.75, 3.05) is 0 Å². The van der Waals surface area contributed by atoms with Gasteiger partial charge in [0, 0.05) is 5.25 Å². The molecule has 72 valence electrons. The molecule has 0 saturated carbocycles. The zero-order valence-electron chi connectivity index (χ0n) is 8.62. The average Bonchev–Trinajstić information content (AvgIpc) is 2.16. The topological polar surface area (TPSA) is 0 Å². The molecule has 0 heterocycles. The van der Waals surface area contributed by atoms with Crippen molar-refractivity contribution in [1.29, 1.82) is 0 Å². The highest BCUT2D eigenvalue weighted by atomic mass is 32.1. The summed E-state index contributed by atoms with van der Waals surface area (Å²) < 4.78 is 0. The molecule has 2 heteroatoms.